The molecular weight excluding hydrogens is 313 g/mol. The molecule has 1 N–H and O–H groups in total. The monoisotopic (exact) mass is 331 g/mol. The Morgan fingerprint density at radius 2 is 2.08 bits per heavy atom. The first-order chi connectivity index (χ1) is 11.5. The molecule has 1 aliphatic carbocycles. The molecule has 1 atom stereocenters. The van der Waals surface area contributed by atoms with Crippen LogP contribution in [0.25, 0.3) is 5.69 Å². The molecule has 1 saturated carbocycles. The molecule has 1 unspecified atom stereocenters. The van der Waals surface area contributed by atoms with Crippen LogP contribution in [0.3, 0.4) is 0 Å². The maximum atomic E-state index is 13.9. The number of carbonyl (C=O) groups excluding carboxylic acids is 1. The highest BCUT2D eigenvalue weighted by molar-refractivity contribution is 5.91. The Morgan fingerprint density at radius 1 is 1.38 bits per heavy atom. The lowest BCUT2D eigenvalue weighted by atomic mass is 10.2. The van der Waals surface area contributed by atoms with Gasteiger partial charge >= 0.3 is 0 Å². The van der Waals surface area contributed by atoms with Crippen molar-refractivity contribution in [3.05, 3.63) is 58.3 Å². The van der Waals surface area contributed by atoms with Crippen molar-refractivity contribution in [2.24, 2.45) is 5.92 Å². The summed E-state index contributed by atoms with van der Waals surface area (Å²) in [6.45, 7) is 0.198. The number of hydrogen-bond donors (Lipinski definition) is 1. The highest BCUT2D eigenvalue weighted by atomic mass is 19.1. The lowest BCUT2D eigenvalue weighted by molar-refractivity contribution is 0.0638. The molecule has 0 aliphatic heterocycles. The van der Waals surface area contributed by atoms with Crippen molar-refractivity contribution >= 4 is 5.91 Å². The summed E-state index contributed by atoms with van der Waals surface area (Å²) in [7, 11) is 1.56. The van der Waals surface area contributed by atoms with E-state index in [0.717, 1.165) is 17.5 Å². The van der Waals surface area contributed by atoms with Gasteiger partial charge in [0.05, 0.1) is 6.10 Å². The third-order valence-corrected chi connectivity index (χ3v) is 4.07. The molecule has 1 heterocycles. The number of para-hydroxylation sites is 1. The minimum atomic E-state index is -0.603. The zero-order valence-corrected chi connectivity index (χ0v) is 13.2. The van der Waals surface area contributed by atoms with Crippen molar-refractivity contribution in [3.8, 4) is 5.69 Å². The second-order valence-corrected chi connectivity index (χ2v) is 6.01. The van der Waals surface area contributed by atoms with Gasteiger partial charge in [0.2, 0.25) is 0 Å². The number of aliphatic hydroxyl groups is 1. The number of halogens is 1. The largest absolute Gasteiger partial charge is 0.391 e. The SMILES string of the molecule is CN(CC(O)C1CC1)C(=O)c1ccc(=O)n(-c2ccccc2F)n1. The average Bonchev–Trinajstić information content (AvgIpc) is 3.40. The van der Waals surface area contributed by atoms with Crippen LogP contribution in [0.2, 0.25) is 0 Å². The fourth-order valence-electron chi connectivity index (χ4n) is 2.51. The fourth-order valence-corrected chi connectivity index (χ4v) is 2.51. The first-order valence-corrected chi connectivity index (χ1v) is 7.76. The molecular formula is C17H18FN3O3. The summed E-state index contributed by atoms with van der Waals surface area (Å²) in [5.41, 5.74) is -0.529. The van der Waals surface area contributed by atoms with Gasteiger partial charge in [0.15, 0.2) is 0 Å². The second-order valence-electron chi connectivity index (χ2n) is 6.01. The molecule has 1 amide bonds. The fraction of sp³-hybridized carbons (Fsp3) is 0.353. The normalized spacial score (nSPS) is 15.1. The molecule has 1 aromatic heterocycles. The summed E-state index contributed by atoms with van der Waals surface area (Å²) in [4.78, 5) is 25.8. The lowest BCUT2D eigenvalue weighted by Gasteiger charge is -2.20. The van der Waals surface area contributed by atoms with Crippen molar-refractivity contribution < 1.29 is 14.3 Å². The van der Waals surface area contributed by atoms with Gasteiger partial charge in [-0.25, -0.2) is 4.39 Å². The number of amides is 1. The molecule has 7 heteroatoms. The zero-order chi connectivity index (χ0) is 17.3. The summed E-state index contributed by atoms with van der Waals surface area (Å²) < 4.78 is 14.8. The van der Waals surface area contributed by atoms with Gasteiger partial charge in [0.1, 0.15) is 17.2 Å². The van der Waals surface area contributed by atoms with Gasteiger partial charge in [-0.05, 0) is 37.0 Å². The number of aliphatic hydroxyl groups excluding tert-OH is 1. The highest BCUT2D eigenvalue weighted by Gasteiger charge is 2.31. The van der Waals surface area contributed by atoms with Crippen LogP contribution in [-0.2, 0) is 0 Å². The standard InChI is InChI=1S/C17H18FN3O3/c1-20(10-15(22)11-6-7-11)17(24)13-8-9-16(23)21(19-13)14-5-3-2-4-12(14)18/h2-5,8-9,11,15,22H,6-7,10H2,1H3. The van der Waals surface area contributed by atoms with Crippen molar-refractivity contribution in [2.45, 2.75) is 18.9 Å². The van der Waals surface area contributed by atoms with E-state index in [9.17, 15) is 19.1 Å². The molecule has 126 valence electrons. The van der Waals surface area contributed by atoms with E-state index in [1.165, 1.54) is 35.2 Å². The van der Waals surface area contributed by atoms with Crippen molar-refractivity contribution in [1.29, 1.82) is 0 Å². The molecule has 2 aromatic rings. The van der Waals surface area contributed by atoms with Crippen molar-refractivity contribution in [3.63, 3.8) is 0 Å². The third kappa shape index (κ3) is 3.35. The Labute approximate surface area is 138 Å². The number of aromatic nitrogens is 2. The summed E-state index contributed by atoms with van der Waals surface area (Å²) in [6.07, 6.45) is 1.38. The first-order valence-electron chi connectivity index (χ1n) is 7.76. The van der Waals surface area contributed by atoms with E-state index in [0.29, 0.717) is 0 Å². The molecule has 1 aromatic carbocycles. The molecule has 1 aliphatic rings. The van der Waals surface area contributed by atoms with E-state index in [-0.39, 0.29) is 23.8 Å². The van der Waals surface area contributed by atoms with Crippen LogP contribution in [-0.4, -0.2) is 45.4 Å². The van der Waals surface area contributed by atoms with Gasteiger partial charge in [-0.2, -0.15) is 9.78 Å². The topological polar surface area (TPSA) is 75.4 Å². The molecule has 6 nitrogen and oxygen atoms in total. The third-order valence-electron chi connectivity index (χ3n) is 4.07. The smallest absolute Gasteiger partial charge is 0.274 e. The number of hydrogen-bond acceptors (Lipinski definition) is 4. The average molecular weight is 331 g/mol. The van der Waals surface area contributed by atoms with Gasteiger partial charge in [0.25, 0.3) is 11.5 Å². The van der Waals surface area contributed by atoms with E-state index >= 15 is 0 Å². The van der Waals surface area contributed by atoms with Crippen LogP contribution >= 0.6 is 0 Å². The van der Waals surface area contributed by atoms with Crippen LogP contribution in [0.1, 0.15) is 23.3 Å². The number of carbonyl (C=O) groups is 1. The molecule has 0 spiro atoms. The predicted molar refractivity (Wildman–Crippen MR) is 85.5 cm³/mol. The van der Waals surface area contributed by atoms with E-state index in [2.05, 4.69) is 5.10 Å². The number of nitrogens with zero attached hydrogens (tertiary/aromatic N) is 3. The molecule has 24 heavy (non-hydrogen) atoms. The number of benzene rings is 1. The predicted octanol–water partition coefficient (Wildman–Crippen LogP) is 1.21. The Kier molecular flexibility index (Phi) is 4.44. The van der Waals surface area contributed by atoms with Crippen molar-refractivity contribution in [1.82, 2.24) is 14.7 Å². The minimum absolute atomic E-state index is 0.0159. The highest BCUT2D eigenvalue weighted by Crippen LogP contribution is 2.32. The van der Waals surface area contributed by atoms with Crippen LogP contribution in [0, 0.1) is 11.7 Å². The number of rotatable bonds is 5. The van der Waals surface area contributed by atoms with E-state index in [1.54, 1.807) is 13.1 Å². The van der Waals surface area contributed by atoms with Crippen LogP contribution in [0.4, 0.5) is 4.39 Å². The molecule has 0 radical (unpaired) electrons. The second kappa shape index (κ2) is 6.52. The summed E-state index contributed by atoms with van der Waals surface area (Å²) in [5, 5.41) is 13.9. The van der Waals surface area contributed by atoms with E-state index in [1.807, 2.05) is 0 Å². The Hall–Kier alpha value is -2.54. The summed E-state index contributed by atoms with van der Waals surface area (Å²) in [5.74, 6) is -0.783. The van der Waals surface area contributed by atoms with Gasteiger partial charge < -0.3 is 10.0 Å². The Morgan fingerprint density at radius 3 is 2.75 bits per heavy atom. The zero-order valence-electron chi connectivity index (χ0n) is 13.2. The maximum Gasteiger partial charge on any atom is 0.274 e. The minimum Gasteiger partial charge on any atom is -0.391 e. The molecule has 3 rings (SSSR count). The van der Waals surface area contributed by atoms with Crippen LogP contribution in [0.5, 0.6) is 0 Å². The Bertz CT molecular complexity index is 817. The summed E-state index contributed by atoms with van der Waals surface area (Å²) >= 11 is 0. The molecule has 0 saturated heterocycles. The Balaban J connectivity index is 1.86. The maximum absolute atomic E-state index is 13.9. The molecule has 1 fully saturated rings. The summed E-state index contributed by atoms with van der Waals surface area (Å²) in [6, 6.07) is 8.21. The van der Waals surface area contributed by atoms with Crippen molar-refractivity contribution in [2.75, 3.05) is 13.6 Å². The first kappa shape index (κ1) is 16.3. The van der Waals surface area contributed by atoms with E-state index < -0.39 is 23.4 Å². The van der Waals surface area contributed by atoms with Crippen LogP contribution < -0.4 is 5.56 Å². The molecule has 0 bridgehead atoms. The quantitative estimate of drug-likeness (QED) is 0.894. The lowest BCUT2D eigenvalue weighted by Crippen LogP contribution is -2.36. The van der Waals surface area contributed by atoms with Gasteiger partial charge in [-0.3, -0.25) is 9.59 Å². The van der Waals surface area contributed by atoms with Gasteiger partial charge in [0, 0.05) is 19.7 Å². The van der Waals surface area contributed by atoms with E-state index in [4.69, 9.17) is 0 Å². The van der Waals surface area contributed by atoms with Gasteiger partial charge in [-0.15, -0.1) is 0 Å². The van der Waals surface area contributed by atoms with Crippen LogP contribution in [0.15, 0.2) is 41.2 Å². The number of likely N-dealkylation sites (N-methyl/N-ethyl adjacent to an activating group) is 1. The van der Waals surface area contributed by atoms with Gasteiger partial charge in [-0.1, -0.05) is 12.1 Å².